The van der Waals surface area contributed by atoms with E-state index in [1.807, 2.05) is 22.6 Å². The van der Waals surface area contributed by atoms with E-state index < -0.39 is 65.3 Å². The maximum Gasteiger partial charge on any atom is 0.336 e. The van der Waals surface area contributed by atoms with Gasteiger partial charge in [-0.15, -0.1) is 0 Å². The number of pyridine rings is 1. The summed E-state index contributed by atoms with van der Waals surface area (Å²) in [6, 6.07) is 7.96. The van der Waals surface area contributed by atoms with E-state index >= 15 is 0 Å². The van der Waals surface area contributed by atoms with Crippen molar-refractivity contribution in [1.82, 2.24) is 13.7 Å². The molecule has 17 heteroatoms. The van der Waals surface area contributed by atoms with Gasteiger partial charge in [-0.3, -0.25) is 23.3 Å². The Hall–Kier alpha value is -4.30. The van der Waals surface area contributed by atoms with E-state index in [0.717, 1.165) is 9.13 Å². The Morgan fingerprint density at radius 1 is 1.06 bits per heavy atom. The SMILES string of the molecule is Cc1c(=O)n(C)c(Nc2ccc(I)cc2F)c2c(=O)n(C3CC3)c(=O)n(-c3ccc(O[C@@H]4O[C@H](C(=O)O)[C@@H](O)[C@H](O)[C@H]4O)c(N)c3)c12. The van der Waals surface area contributed by atoms with Crippen molar-refractivity contribution >= 4 is 56.7 Å². The molecule has 4 aromatic rings. The van der Waals surface area contributed by atoms with Crippen molar-refractivity contribution in [2.24, 2.45) is 7.05 Å². The molecule has 0 radical (unpaired) electrons. The second kappa shape index (κ2) is 12.1. The number of hydrogen-bond acceptors (Lipinski definition) is 11. The van der Waals surface area contributed by atoms with E-state index in [0.29, 0.717) is 16.4 Å². The first kappa shape index (κ1) is 32.6. The Bertz CT molecular complexity index is 2130. The highest BCUT2D eigenvalue weighted by molar-refractivity contribution is 14.1. The van der Waals surface area contributed by atoms with Crippen LogP contribution in [0.5, 0.6) is 5.75 Å². The topological polar surface area (TPSA) is 220 Å². The number of fused-ring (bicyclic) bond motifs is 1. The van der Waals surface area contributed by atoms with Gasteiger partial charge < -0.3 is 41.0 Å². The molecule has 3 heterocycles. The number of aliphatic hydroxyl groups is 3. The number of ether oxygens (including phenoxy) is 2. The first-order valence-electron chi connectivity index (χ1n) is 14.3. The number of nitrogen functional groups attached to an aromatic ring is 1. The molecule has 0 amide bonds. The number of anilines is 3. The van der Waals surface area contributed by atoms with Gasteiger partial charge in [0.1, 0.15) is 41.1 Å². The normalized spacial score (nSPS) is 22.7. The number of hydrogen-bond donors (Lipinski definition) is 6. The third-order valence-corrected chi connectivity index (χ3v) is 8.92. The Balaban J connectivity index is 1.52. The molecule has 2 aliphatic rings. The molecule has 15 nitrogen and oxygen atoms in total. The van der Waals surface area contributed by atoms with E-state index in [-0.39, 0.29) is 45.1 Å². The number of halogens is 2. The van der Waals surface area contributed by atoms with Gasteiger partial charge in [-0.2, -0.15) is 0 Å². The van der Waals surface area contributed by atoms with Crippen molar-refractivity contribution in [3.05, 3.63) is 82.5 Å². The third kappa shape index (κ3) is 5.56. The Kier molecular flexibility index (Phi) is 8.37. The molecule has 1 aliphatic heterocycles. The van der Waals surface area contributed by atoms with Gasteiger partial charge in [0, 0.05) is 22.2 Å². The zero-order valence-corrected chi connectivity index (χ0v) is 26.9. The van der Waals surface area contributed by atoms with E-state index in [9.17, 15) is 44.0 Å². The molecule has 0 unspecified atom stereocenters. The third-order valence-electron chi connectivity index (χ3n) is 8.25. The number of nitrogens with zero attached hydrogens (tertiary/aromatic N) is 3. The highest BCUT2D eigenvalue weighted by Crippen LogP contribution is 2.35. The number of carboxylic acids is 1. The monoisotopic (exact) mass is 765 g/mol. The van der Waals surface area contributed by atoms with Gasteiger partial charge in [0.15, 0.2) is 6.10 Å². The number of aliphatic carboxylic acids is 1. The quantitative estimate of drug-likeness (QED) is 0.114. The Morgan fingerprint density at radius 2 is 1.77 bits per heavy atom. The lowest BCUT2D eigenvalue weighted by Crippen LogP contribution is -2.61. The van der Waals surface area contributed by atoms with E-state index in [4.69, 9.17) is 15.2 Å². The zero-order valence-electron chi connectivity index (χ0n) is 24.8. The average Bonchev–Trinajstić information content (AvgIpc) is 3.85. The predicted molar refractivity (Wildman–Crippen MR) is 174 cm³/mol. The molecule has 2 fully saturated rings. The summed E-state index contributed by atoms with van der Waals surface area (Å²) in [7, 11) is 1.43. The van der Waals surface area contributed by atoms with Crippen LogP contribution in [0, 0.1) is 16.3 Å². The van der Waals surface area contributed by atoms with Crippen molar-refractivity contribution < 1.29 is 39.1 Å². The van der Waals surface area contributed by atoms with Gasteiger partial charge in [0.05, 0.1) is 22.6 Å². The minimum Gasteiger partial charge on any atom is -0.479 e. The summed E-state index contributed by atoms with van der Waals surface area (Å²) in [6.07, 6.45) is -8.22. The van der Waals surface area contributed by atoms with Crippen LogP contribution in [0.25, 0.3) is 16.6 Å². The molecular formula is C30H29FIN5O10. The van der Waals surface area contributed by atoms with Crippen molar-refractivity contribution in [3.8, 4) is 11.4 Å². The molecule has 47 heavy (non-hydrogen) atoms. The fourth-order valence-electron chi connectivity index (χ4n) is 5.63. The zero-order chi connectivity index (χ0) is 34.1. The van der Waals surface area contributed by atoms with E-state index in [2.05, 4.69) is 5.32 Å². The molecule has 0 spiro atoms. The van der Waals surface area contributed by atoms with Gasteiger partial charge in [-0.05, 0) is 78.8 Å². The number of aromatic nitrogens is 3. The molecule has 0 bridgehead atoms. The molecular weight excluding hydrogens is 736 g/mol. The molecule has 2 aromatic carbocycles. The number of benzene rings is 2. The summed E-state index contributed by atoms with van der Waals surface area (Å²) in [4.78, 5) is 53.0. The molecule has 248 valence electrons. The van der Waals surface area contributed by atoms with Crippen molar-refractivity contribution in [3.63, 3.8) is 0 Å². The first-order valence-corrected chi connectivity index (χ1v) is 15.4. The van der Waals surface area contributed by atoms with Crippen molar-refractivity contribution in [1.29, 1.82) is 0 Å². The number of nitrogens with one attached hydrogen (secondary N) is 1. The molecule has 1 saturated carbocycles. The van der Waals surface area contributed by atoms with Gasteiger partial charge in [0.2, 0.25) is 6.29 Å². The molecule has 2 aromatic heterocycles. The summed E-state index contributed by atoms with van der Waals surface area (Å²) < 4.78 is 29.8. The van der Waals surface area contributed by atoms with Gasteiger partial charge >= 0.3 is 11.7 Å². The van der Waals surface area contributed by atoms with Crippen LogP contribution < -0.4 is 32.6 Å². The summed E-state index contributed by atoms with van der Waals surface area (Å²) in [6.45, 7) is 1.46. The van der Waals surface area contributed by atoms with Gasteiger partial charge in [-0.1, -0.05) is 0 Å². The molecule has 1 saturated heterocycles. The molecule has 7 N–H and O–H groups in total. The maximum absolute atomic E-state index is 15.0. The first-order chi connectivity index (χ1) is 22.2. The second-order valence-electron chi connectivity index (χ2n) is 11.4. The van der Waals surface area contributed by atoms with Crippen LogP contribution in [-0.4, -0.2) is 70.8 Å². The highest BCUT2D eigenvalue weighted by atomic mass is 127. The molecule has 5 atom stereocenters. The van der Waals surface area contributed by atoms with Gasteiger partial charge in [-0.25, -0.2) is 14.0 Å². The number of nitrogens with two attached hydrogens (primary N) is 1. The molecule has 6 rings (SSSR count). The second-order valence-corrected chi connectivity index (χ2v) is 12.7. The van der Waals surface area contributed by atoms with Crippen LogP contribution in [0.4, 0.5) is 21.6 Å². The molecule has 1 aliphatic carbocycles. The van der Waals surface area contributed by atoms with Crippen LogP contribution in [0.2, 0.25) is 0 Å². The largest absolute Gasteiger partial charge is 0.479 e. The summed E-state index contributed by atoms with van der Waals surface area (Å²) >= 11 is 1.95. The van der Waals surface area contributed by atoms with Gasteiger partial charge in [0.25, 0.3) is 11.1 Å². The van der Waals surface area contributed by atoms with E-state index in [1.165, 1.54) is 48.9 Å². The minimum absolute atomic E-state index is 0.00123. The Labute approximate surface area is 277 Å². The smallest absolute Gasteiger partial charge is 0.336 e. The van der Waals surface area contributed by atoms with Crippen LogP contribution >= 0.6 is 22.6 Å². The fourth-order valence-corrected chi connectivity index (χ4v) is 6.08. The van der Waals surface area contributed by atoms with E-state index in [1.54, 1.807) is 6.07 Å². The average molecular weight is 765 g/mol. The number of carbonyl (C=O) groups is 1. The standard InChI is InChI=1S/C30H29FIN5O10/c1-11-20-19(25(35(2)26(11)41)34-17-7-3-12(32)9-15(17)31)27(42)37(13-4-5-13)30(45)36(20)14-6-8-18(16(33)10-14)46-29-23(40)21(38)22(39)24(47-29)28(43)44/h3,6-10,13,21-24,29,34,38-40H,4-5,33H2,1-2H3,(H,43,44)/t21-,22-,23+,24-,29+/m0/s1. The summed E-state index contributed by atoms with van der Waals surface area (Å²) in [5, 5.41) is 42.7. The number of aryl methyl sites for hydroxylation is 1. The summed E-state index contributed by atoms with van der Waals surface area (Å²) in [5.74, 6) is -2.39. The summed E-state index contributed by atoms with van der Waals surface area (Å²) in [5.41, 5.74) is 4.31. The lowest BCUT2D eigenvalue weighted by Gasteiger charge is -2.38. The predicted octanol–water partition coefficient (Wildman–Crippen LogP) is 0.835. The number of carboxylic acid groups (broad SMARTS) is 1. The fraction of sp³-hybridized carbons (Fsp3) is 0.333. The lowest BCUT2D eigenvalue weighted by atomic mass is 9.99. The number of aliphatic hydroxyl groups excluding tert-OH is 3. The lowest BCUT2D eigenvalue weighted by molar-refractivity contribution is -0.271. The Morgan fingerprint density at radius 3 is 2.38 bits per heavy atom. The van der Waals surface area contributed by atoms with Crippen molar-refractivity contribution in [2.45, 2.75) is 56.5 Å². The van der Waals surface area contributed by atoms with Crippen LogP contribution in [-0.2, 0) is 16.6 Å². The van der Waals surface area contributed by atoms with Crippen LogP contribution in [0.15, 0.2) is 50.8 Å². The van der Waals surface area contributed by atoms with Crippen LogP contribution in [0.1, 0.15) is 24.4 Å². The minimum atomic E-state index is -1.93. The number of rotatable bonds is 7. The highest BCUT2D eigenvalue weighted by Gasteiger charge is 2.48. The van der Waals surface area contributed by atoms with Crippen LogP contribution in [0.3, 0.4) is 0 Å². The van der Waals surface area contributed by atoms with Crippen molar-refractivity contribution in [2.75, 3.05) is 11.1 Å². The maximum atomic E-state index is 15.0.